The van der Waals surface area contributed by atoms with Gasteiger partial charge in [0, 0.05) is 17.5 Å². The van der Waals surface area contributed by atoms with Gasteiger partial charge in [0.1, 0.15) is 11.8 Å². The van der Waals surface area contributed by atoms with Gasteiger partial charge in [0.2, 0.25) is 0 Å². The number of rotatable bonds is 4. The fraction of sp³-hybridized carbons (Fsp3) is 0.471. The van der Waals surface area contributed by atoms with Crippen LogP contribution in [-0.2, 0) is 0 Å². The van der Waals surface area contributed by atoms with Crippen molar-refractivity contribution in [2.45, 2.75) is 44.7 Å². The molecule has 0 unspecified atom stereocenters. The molecule has 0 radical (unpaired) electrons. The maximum atomic E-state index is 12.4. The second-order valence-electron chi connectivity index (χ2n) is 5.73. The fourth-order valence-corrected chi connectivity index (χ4v) is 3.15. The highest BCUT2D eigenvalue weighted by Gasteiger charge is 2.23. The average Bonchev–Trinajstić information content (AvgIpc) is 2.93. The zero-order valence-corrected chi connectivity index (χ0v) is 12.4. The Bertz CT molecular complexity index is 612. The molecule has 21 heavy (non-hydrogen) atoms. The molecule has 0 saturated heterocycles. The van der Waals surface area contributed by atoms with Crippen molar-refractivity contribution in [3.8, 4) is 0 Å². The molecule has 1 heterocycles. The smallest absolute Gasteiger partial charge is 0.255 e. The van der Waals surface area contributed by atoms with E-state index < -0.39 is 0 Å². The summed E-state index contributed by atoms with van der Waals surface area (Å²) >= 11 is 0. The van der Waals surface area contributed by atoms with Crippen LogP contribution in [0, 0.1) is 0 Å². The number of furan rings is 1. The van der Waals surface area contributed by atoms with E-state index in [1.807, 2.05) is 24.3 Å². The van der Waals surface area contributed by atoms with Crippen molar-refractivity contribution in [2.75, 3.05) is 6.54 Å². The molecule has 1 aliphatic carbocycles. The highest BCUT2D eigenvalue weighted by atomic mass is 16.3. The topological polar surface area (TPSA) is 54.3 Å². The zero-order chi connectivity index (χ0) is 14.7. The largest absolute Gasteiger partial charge is 0.463 e. The number of carbonyl (C=O) groups excluding carboxylic acids is 1. The number of carbonyl (C=O) groups is 1. The summed E-state index contributed by atoms with van der Waals surface area (Å²) in [5, 5.41) is 7.52. The molecule has 2 aromatic rings. The highest BCUT2D eigenvalue weighted by Crippen LogP contribution is 2.22. The minimum absolute atomic E-state index is 0.0214. The van der Waals surface area contributed by atoms with E-state index in [1.54, 1.807) is 6.26 Å². The van der Waals surface area contributed by atoms with E-state index in [0.717, 1.165) is 43.2 Å². The van der Waals surface area contributed by atoms with Gasteiger partial charge in [-0.1, -0.05) is 25.1 Å². The first kappa shape index (κ1) is 14.1. The molecule has 1 aliphatic rings. The van der Waals surface area contributed by atoms with Crippen molar-refractivity contribution < 1.29 is 9.21 Å². The van der Waals surface area contributed by atoms with Crippen molar-refractivity contribution >= 4 is 16.9 Å². The molecule has 1 saturated carbocycles. The Kier molecular flexibility index (Phi) is 4.25. The Morgan fingerprint density at radius 3 is 2.67 bits per heavy atom. The molecule has 4 nitrogen and oxygen atoms in total. The van der Waals surface area contributed by atoms with Crippen LogP contribution >= 0.6 is 0 Å². The number of benzene rings is 1. The molecule has 2 N–H and O–H groups in total. The Hall–Kier alpha value is -1.81. The van der Waals surface area contributed by atoms with Gasteiger partial charge >= 0.3 is 0 Å². The molecule has 112 valence electrons. The number of para-hydroxylation sites is 1. The first-order chi connectivity index (χ1) is 10.3. The van der Waals surface area contributed by atoms with Crippen molar-refractivity contribution in [1.82, 2.24) is 10.6 Å². The van der Waals surface area contributed by atoms with E-state index in [0.29, 0.717) is 11.6 Å². The fourth-order valence-electron chi connectivity index (χ4n) is 3.15. The first-order valence-electron chi connectivity index (χ1n) is 7.78. The third-order valence-electron chi connectivity index (χ3n) is 4.28. The molecule has 1 aromatic heterocycles. The quantitative estimate of drug-likeness (QED) is 0.908. The van der Waals surface area contributed by atoms with Crippen LogP contribution in [0.3, 0.4) is 0 Å². The van der Waals surface area contributed by atoms with Crippen LogP contribution in [-0.4, -0.2) is 24.5 Å². The van der Waals surface area contributed by atoms with E-state index in [-0.39, 0.29) is 11.9 Å². The maximum Gasteiger partial charge on any atom is 0.255 e. The third kappa shape index (κ3) is 3.10. The summed E-state index contributed by atoms with van der Waals surface area (Å²) < 4.78 is 5.44. The predicted molar refractivity (Wildman–Crippen MR) is 83.4 cm³/mol. The second kappa shape index (κ2) is 6.31. The number of amides is 1. The Balaban J connectivity index is 1.62. The van der Waals surface area contributed by atoms with Gasteiger partial charge in [-0.3, -0.25) is 4.79 Å². The lowest BCUT2D eigenvalue weighted by molar-refractivity contribution is 0.0925. The van der Waals surface area contributed by atoms with E-state index in [1.165, 1.54) is 0 Å². The number of nitrogens with one attached hydrogen (secondary N) is 2. The summed E-state index contributed by atoms with van der Waals surface area (Å²) in [6.07, 6.45) is 5.90. The summed E-state index contributed by atoms with van der Waals surface area (Å²) in [5.41, 5.74) is 1.40. The summed E-state index contributed by atoms with van der Waals surface area (Å²) in [7, 11) is 0. The monoisotopic (exact) mass is 286 g/mol. The highest BCUT2D eigenvalue weighted by molar-refractivity contribution is 6.05. The van der Waals surface area contributed by atoms with Crippen molar-refractivity contribution in [3.63, 3.8) is 0 Å². The Labute approximate surface area is 124 Å². The van der Waals surface area contributed by atoms with Gasteiger partial charge < -0.3 is 15.1 Å². The number of hydrogen-bond acceptors (Lipinski definition) is 3. The van der Waals surface area contributed by atoms with Gasteiger partial charge in [0.25, 0.3) is 5.91 Å². The van der Waals surface area contributed by atoms with E-state index in [4.69, 9.17) is 4.42 Å². The van der Waals surface area contributed by atoms with Crippen LogP contribution in [0.2, 0.25) is 0 Å². The van der Waals surface area contributed by atoms with Crippen LogP contribution in [0.4, 0.5) is 0 Å². The SMILES string of the molecule is CCNC1CCC(NC(=O)c2coc3ccccc23)CC1. The van der Waals surface area contributed by atoms with Crippen LogP contribution in [0.1, 0.15) is 43.0 Å². The maximum absolute atomic E-state index is 12.4. The molecular formula is C17H22N2O2. The first-order valence-corrected chi connectivity index (χ1v) is 7.78. The minimum atomic E-state index is -0.0214. The molecule has 3 rings (SSSR count). The number of hydrogen-bond donors (Lipinski definition) is 2. The predicted octanol–water partition coefficient (Wildman–Crippen LogP) is 3.08. The van der Waals surface area contributed by atoms with Crippen LogP contribution in [0.5, 0.6) is 0 Å². The van der Waals surface area contributed by atoms with Crippen LogP contribution < -0.4 is 10.6 Å². The molecule has 0 atom stereocenters. The van der Waals surface area contributed by atoms with Gasteiger partial charge in [0.15, 0.2) is 0 Å². The number of fused-ring (bicyclic) bond motifs is 1. The Morgan fingerprint density at radius 1 is 1.19 bits per heavy atom. The van der Waals surface area contributed by atoms with Gasteiger partial charge in [-0.15, -0.1) is 0 Å². The van der Waals surface area contributed by atoms with E-state index in [9.17, 15) is 4.79 Å². The van der Waals surface area contributed by atoms with Crippen molar-refractivity contribution in [1.29, 1.82) is 0 Å². The van der Waals surface area contributed by atoms with Gasteiger partial charge in [-0.2, -0.15) is 0 Å². The normalized spacial score (nSPS) is 22.3. The van der Waals surface area contributed by atoms with Gasteiger partial charge in [-0.05, 0) is 38.3 Å². The molecule has 1 amide bonds. The second-order valence-corrected chi connectivity index (χ2v) is 5.73. The lowest BCUT2D eigenvalue weighted by atomic mass is 9.91. The lowest BCUT2D eigenvalue weighted by Gasteiger charge is -2.29. The van der Waals surface area contributed by atoms with Gasteiger partial charge in [-0.25, -0.2) is 0 Å². The van der Waals surface area contributed by atoms with Gasteiger partial charge in [0.05, 0.1) is 5.56 Å². The van der Waals surface area contributed by atoms with E-state index >= 15 is 0 Å². The Morgan fingerprint density at radius 2 is 1.90 bits per heavy atom. The standard InChI is InChI=1S/C17H22N2O2/c1-2-18-12-7-9-13(10-8-12)19-17(20)15-11-21-16-6-4-3-5-14(15)16/h3-6,11-13,18H,2,7-10H2,1H3,(H,19,20). The van der Waals surface area contributed by atoms with Crippen molar-refractivity contribution in [3.05, 3.63) is 36.1 Å². The van der Waals surface area contributed by atoms with Crippen LogP contribution in [0.15, 0.2) is 34.9 Å². The molecule has 0 aliphatic heterocycles. The average molecular weight is 286 g/mol. The summed E-state index contributed by atoms with van der Waals surface area (Å²) in [4.78, 5) is 12.4. The van der Waals surface area contributed by atoms with E-state index in [2.05, 4.69) is 17.6 Å². The summed E-state index contributed by atoms with van der Waals surface area (Å²) in [5.74, 6) is -0.0214. The minimum Gasteiger partial charge on any atom is -0.463 e. The zero-order valence-electron chi connectivity index (χ0n) is 12.4. The molecule has 0 bridgehead atoms. The third-order valence-corrected chi connectivity index (χ3v) is 4.28. The molecule has 1 aromatic carbocycles. The lowest BCUT2D eigenvalue weighted by Crippen LogP contribution is -2.42. The molecule has 4 heteroatoms. The van der Waals surface area contributed by atoms with Crippen LogP contribution in [0.25, 0.3) is 11.0 Å². The summed E-state index contributed by atoms with van der Waals surface area (Å²) in [6, 6.07) is 8.54. The molecule has 0 spiro atoms. The van der Waals surface area contributed by atoms with Crippen molar-refractivity contribution in [2.24, 2.45) is 0 Å². The summed E-state index contributed by atoms with van der Waals surface area (Å²) in [6.45, 7) is 3.15. The molecule has 1 fully saturated rings. The molecular weight excluding hydrogens is 264 g/mol.